The van der Waals surface area contributed by atoms with Crippen molar-refractivity contribution >= 4 is 10.8 Å². The third-order valence-electron chi connectivity index (χ3n) is 6.03. The van der Waals surface area contributed by atoms with Crippen molar-refractivity contribution < 1.29 is 13.2 Å². The summed E-state index contributed by atoms with van der Waals surface area (Å²) in [6.45, 7) is 1.91. The summed E-state index contributed by atoms with van der Waals surface area (Å²) >= 11 is 0. The van der Waals surface area contributed by atoms with Gasteiger partial charge in [0.1, 0.15) is 17.5 Å². The second kappa shape index (κ2) is 10.4. The normalized spacial score (nSPS) is 11.3. The van der Waals surface area contributed by atoms with Crippen molar-refractivity contribution in [2.75, 3.05) is 0 Å². The number of halogens is 3. The molecule has 4 aromatic rings. The van der Waals surface area contributed by atoms with Crippen LogP contribution >= 0.6 is 0 Å². The van der Waals surface area contributed by atoms with Crippen LogP contribution in [0.15, 0.2) is 78.9 Å². The summed E-state index contributed by atoms with van der Waals surface area (Å²) in [5.74, 6) is -1.55. The van der Waals surface area contributed by atoms with E-state index in [-0.39, 0.29) is 11.4 Å². The molecular weight excluding hydrogens is 431 g/mol. The smallest absolute Gasteiger partial charge is 0.134 e. The van der Waals surface area contributed by atoms with Crippen LogP contribution in [0.3, 0.4) is 0 Å². The predicted octanol–water partition coefficient (Wildman–Crippen LogP) is 8.09. The fourth-order valence-corrected chi connectivity index (χ4v) is 4.17. The van der Waals surface area contributed by atoms with E-state index in [1.807, 2.05) is 31.2 Å². The van der Waals surface area contributed by atoms with Crippen LogP contribution in [0.2, 0.25) is 0 Å². The van der Waals surface area contributed by atoms with E-state index in [4.69, 9.17) is 5.26 Å². The third kappa shape index (κ3) is 5.05. The first kappa shape index (κ1) is 23.3. The minimum Gasteiger partial charge on any atom is -0.206 e. The fraction of sp³-hybridized carbons (Fsp3) is 0.167. The summed E-state index contributed by atoms with van der Waals surface area (Å²) in [5, 5.41) is 9.92. The summed E-state index contributed by atoms with van der Waals surface area (Å²) in [4.78, 5) is 0. The molecule has 0 saturated carbocycles. The van der Waals surface area contributed by atoms with Gasteiger partial charge in [-0.15, -0.1) is 0 Å². The lowest BCUT2D eigenvalue weighted by molar-refractivity contribution is 0.586. The van der Waals surface area contributed by atoms with E-state index < -0.39 is 11.6 Å². The van der Waals surface area contributed by atoms with Crippen molar-refractivity contribution in [1.29, 1.82) is 5.26 Å². The average molecular weight is 456 g/mol. The van der Waals surface area contributed by atoms with E-state index in [0.29, 0.717) is 52.3 Å². The third-order valence-corrected chi connectivity index (χ3v) is 6.03. The molecule has 0 amide bonds. The Morgan fingerprint density at radius 1 is 0.794 bits per heavy atom. The summed E-state index contributed by atoms with van der Waals surface area (Å²) in [6, 6.07) is 20.4. The van der Waals surface area contributed by atoms with Gasteiger partial charge in [-0.3, -0.25) is 0 Å². The maximum Gasteiger partial charge on any atom is 0.134 e. The molecule has 0 atom stereocenters. The molecule has 0 heterocycles. The van der Waals surface area contributed by atoms with Gasteiger partial charge in [-0.1, -0.05) is 48.6 Å². The predicted molar refractivity (Wildman–Crippen MR) is 131 cm³/mol. The van der Waals surface area contributed by atoms with Crippen LogP contribution in [0, 0.1) is 28.8 Å². The summed E-state index contributed by atoms with van der Waals surface area (Å²) in [6.07, 6.45) is 6.30. The molecule has 0 radical (unpaired) electrons. The van der Waals surface area contributed by atoms with Crippen LogP contribution in [-0.4, -0.2) is 0 Å². The van der Waals surface area contributed by atoms with Gasteiger partial charge < -0.3 is 0 Å². The second-order valence-electron chi connectivity index (χ2n) is 8.33. The first-order valence-corrected chi connectivity index (χ1v) is 11.3. The van der Waals surface area contributed by atoms with E-state index >= 15 is 4.39 Å². The minimum absolute atomic E-state index is 0.0954. The average Bonchev–Trinajstić information content (AvgIpc) is 2.84. The molecule has 4 rings (SSSR count). The van der Waals surface area contributed by atoms with Gasteiger partial charge in [0.2, 0.25) is 0 Å². The molecule has 0 aromatic heterocycles. The van der Waals surface area contributed by atoms with E-state index in [0.717, 1.165) is 12.0 Å². The van der Waals surface area contributed by atoms with Crippen LogP contribution in [0.25, 0.3) is 21.9 Å². The molecule has 0 aliphatic carbocycles. The SMILES string of the molecule is C/C=C/CCc1cc(F)c(-c2ccc3c(F)c(CCc4ccc(C#N)cc4)ccc3c2)c(F)c1. The van der Waals surface area contributed by atoms with Crippen LogP contribution < -0.4 is 0 Å². The Balaban J connectivity index is 1.58. The molecule has 0 unspecified atom stereocenters. The first-order valence-electron chi connectivity index (χ1n) is 11.3. The summed E-state index contributed by atoms with van der Waals surface area (Å²) < 4.78 is 44.8. The van der Waals surface area contributed by atoms with E-state index in [1.54, 1.807) is 42.5 Å². The Hall–Kier alpha value is -3.84. The Morgan fingerprint density at radius 2 is 1.53 bits per heavy atom. The number of hydrogen-bond acceptors (Lipinski definition) is 1. The maximum absolute atomic E-state index is 15.2. The highest BCUT2D eigenvalue weighted by Crippen LogP contribution is 2.32. The lowest BCUT2D eigenvalue weighted by atomic mass is 9.95. The zero-order valence-electron chi connectivity index (χ0n) is 18.9. The summed E-state index contributed by atoms with van der Waals surface area (Å²) in [7, 11) is 0. The number of benzene rings is 4. The fourth-order valence-electron chi connectivity index (χ4n) is 4.17. The lowest BCUT2D eigenvalue weighted by Gasteiger charge is -2.11. The molecule has 0 saturated heterocycles. The number of rotatable bonds is 7. The standard InChI is InChI=1S/C30H24F3N/c1-2-3-4-5-22-16-27(31)29(28(32)17-22)25-14-15-26-24(18-25)13-12-23(30(26)33)11-10-20-6-8-21(19-34)9-7-20/h2-3,6-9,12-18H,4-5,10-11H2,1H3/b3-2+. The second-order valence-corrected chi connectivity index (χ2v) is 8.33. The lowest BCUT2D eigenvalue weighted by Crippen LogP contribution is -1.97. The van der Waals surface area contributed by atoms with Gasteiger partial charge in [-0.2, -0.15) is 5.26 Å². The zero-order chi connectivity index (χ0) is 24.1. The molecule has 1 nitrogen and oxygen atoms in total. The van der Waals surface area contributed by atoms with Crippen molar-refractivity contribution in [2.24, 2.45) is 0 Å². The number of fused-ring (bicyclic) bond motifs is 1. The number of hydrogen-bond donors (Lipinski definition) is 0. The highest BCUT2D eigenvalue weighted by atomic mass is 19.1. The molecule has 4 aromatic carbocycles. The van der Waals surface area contributed by atoms with Crippen molar-refractivity contribution in [3.63, 3.8) is 0 Å². The monoisotopic (exact) mass is 455 g/mol. The first-order chi connectivity index (χ1) is 16.5. The topological polar surface area (TPSA) is 23.8 Å². The van der Waals surface area contributed by atoms with Gasteiger partial charge in [-0.05, 0) is 90.6 Å². The largest absolute Gasteiger partial charge is 0.206 e. The Bertz CT molecular complexity index is 1370. The van der Waals surface area contributed by atoms with Crippen LogP contribution in [0.1, 0.15) is 35.6 Å². The van der Waals surface area contributed by atoms with Gasteiger partial charge in [0.15, 0.2) is 0 Å². The maximum atomic E-state index is 15.2. The Kier molecular flexibility index (Phi) is 7.13. The Labute approximate surface area is 197 Å². The molecule has 0 fully saturated rings. The molecule has 170 valence electrons. The quantitative estimate of drug-likeness (QED) is 0.258. The van der Waals surface area contributed by atoms with E-state index in [9.17, 15) is 8.78 Å². The van der Waals surface area contributed by atoms with Crippen LogP contribution in [0.5, 0.6) is 0 Å². The molecule has 0 aliphatic heterocycles. The van der Waals surface area contributed by atoms with Gasteiger partial charge in [0.25, 0.3) is 0 Å². The molecule has 0 spiro atoms. The van der Waals surface area contributed by atoms with Gasteiger partial charge in [0, 0.05) is 5.39 Å². The molecule has 0 bridgehead atoms. The zero-order valence-corrected chi connectivity index (χ0v) is 18.9. The minimum atomic E-state index is -0.616. The van der Waals surface area contributed by atoms with Gasteiger partial charge >= 0.3 is 0 Å². The van der Waals surface area contributed by atoms with E-state index in [1.165, 1.54) is 12.1 Å². The van der Waals surface area contributed by atoms with Crippen molar-refractivity contribution in [3.8, 4) is 17.2 Å². The summed E-state index contributed by atoms with van der Waals surface area (Å²) in [5.41, 5.74) is 3.08. The van der Waals surface area contributed by atoms with Crippen molar-refractivity contribution in [2.45, 2.75) is 32.6 Å². The molecule has 0 N–H and O–H groups in total. The van der Waals surface area contributed by atoms with Gasteiger partial charge in [-0.25, -0.2) is 13.2 Å². The van der Waals surface area contributed by atoms with Crippen molar-refractivity contribution in [3.05, 3.63) is 119 Å². The highest BCUT2D eigenvalue weighted by molar-refractivity contribution is 5.88. The number of nitriles is 1. The van der Waals surface area contributed by atoms with Crippen molar-refractivity contribution in [1.82, 2.24) is 0 Å². The molecule has 0 aliphatic rings. The highest BCUT2D eigenvalue weighted by Gasteiger charge is 2.15. The Morgan fingerprint density at radius 3 is 2.21 bits per heavy atom. The molecule has 34 heavy (non-hydrogen) atoms. The molecular formula is C30H24F3N. The van der Waals surface area contributed by atoms with Gasteiger partial charge in [0.05, 0.1) is 17.2 Å². The number of allylic oxidation sites excluding steroid dienone is 2. The van der Waals surface area contributed by atoms with Crippen LogP contribution in [0.4, 0.5) is 13.2 Å². The number of aryl methyl sites for hydroxylation is 3. The number of nitrogens with zero attached hydrogens (tertiary/aromatic N) is 1. The van der Waals surface area contributed by atoms with E-state index in [2.05, 4.69) is 6.07 Å². The van der Waals surface area contributed by atoms with Crippen LogP contribution in [-0.2, 0) is 19.3 Å². The molecule has 4 heteroatoms.